The van der Waals surface area contributed by atoms with Crippen LogP contribution in [0.1, 0.15) is 51.2 Å². The van der Waals surface area contributed by atoms with E-state index < -0.39 is 5.92 Å². The first-order chi connectivity index (χ1) is 11.4. The van der Waals surface area contributed by atoms with Crippen LogP contribution >= 0.6 is 0 Å². The standard InChI is InChI=1S/C20H29F2NO/c1-15(2)18-13-23(12-16-8-10-20(21,22)11-9-16)14-19(24-18)17-6-4-3-5-7-17/h3-7,15-16,18-19H,8-14H2,1-2H3/t18-,19+/m1/s1. The van der Waals surface area contributed by atoms with Crippen LogP contribution in [0.15, 0.2) is 30.3 Å². The number of rotatable bonds is 4. The number of nitrogens with zero attached hydrogens (tertiary/aromatic N) is 1. The molecule has 2 aliphatic rings. The zero-order valence-electron chi connectivity index (χ0n) is 14.8. The van der Waals surface area contributed by atoms with E-state index in [1.165, 1.54) is 5.56 Å². The molecule has 2 fully saturated rings. The molecule has 1 aromatic rings. The lowest BCUT2D eigenvalue weighted by Gasteiger charge is -2.42. The van der Waals surface area contributed by atoms with E-state index in [4.69, 9.17) is 4.74 Å². The van der Waals surface area contributed by atoms with Crippen molar-refractivity contribution in [2.24, 2.45) is 11.8 Å². The summed E-state index contributed by atoms with van der Waals surface area (Å²) in [6, 6.07) is 10.3. The van der Waals surface area contributed by atoms with Crippen molar-refractivity contribution < 1.29 is 13.5 Å². The van der Waals surface area contributed by atoms with E-state index in [0.717, 1.165) is 19.6 Å². The molecule has 1 saturated carbocycles. The lowest BCUT2D eigenvalue weighted by molar-refractivity contribution is -0.112. The summed E-state index contributed by atoms with van der Waals surface area (Å²) in [4.78, 5) is 2.44. The van der Waals surface area contributed by atoms with Crippen molar-refractivity contribution in [3.63, 3.8) is 0 Å². The zero-order chi connectivity index (χ0) is 17.2. The Balaban J connectivity index is 1.64. The molecular formula is C20H29F2NO. The normalized spacial score (nSPS) is 29.0. The van der Waals surface area contributed by atoms with Crippen LogP contribution in [0.25, 0.3) is 0 Å². The van der Waals surface area contributed by atoms with E-state index in [2.05, 4.69) is 30.9 Å². The summed E-state index contributed by atoms with van der Waals surface area (Å²) in [5, 5.41) is 0. The molecule has 1 aliphatic heterocycles. The predicted octanol–water partition coefficient (Wildman–Crippen LogP) is 4.91. The molecule has 0 bridgehead atoms. The number of hydrogen-bond acceptors (Lipinski definition) is 2. The Labute approximate surface area is 144 Å². The molecule has 2 atom stereocenters. The van der Waals surface area contributed by atoms with Gasteiger partial charge >= 0.3 is 0 Å². The van der Waals surface area contributed by atoms with Crippen LogP contribution in [0.4, 0.5) is 8.78 Å². The Morgan fingerprint density at radius 1 is 1.12 bits per heavy atom. The van der Waals surface area contributed by atoms with Crippen LogP contribution in [-0.4, -0.2) is 36.6 Å². The van der Waals surface area contributed by atoms with Crippen LogP contribution in [0, 0.1) is 11.8 Å². The van der Waals surface area contributed by atoms with Crippen molar-refractivity contribution in [1.29, 1.82) is 0 Å². The second-order valence-corrected chi connectivity index (χ2v) is 7.84. The number of hydrogen-bond donors (Lipinski definition) is 0. The fraction of sp³-hybridized carbons (Fsp3) is 0.700. The predicted molar refractivity (Wildman–Crippen MR) is 92.2 cm³/mol. The van der Waals surface area contributed by atoms with Crippen LogP contribution in [0.3, 0.4) is 0 Å². The summed E-state index contributed by atoms with van der Waals surface area (Å²) in [6.45, 7) is 7.08. The quantitative estimate of drug-likeness (QED) is 0.774. The maximum atomic E-state index is 13.4. The lowest BCUT2D eigenvalue weighted by atomic mass is 9.86. The zero-order valence-corrected chi connectivity index (χ0v) is 14.8. The molecule has 0 aromatic heterocycles. The fourth-order valence-corrected chi connectivity index (χ4v) is 3.88. The maximum absolute atomic E-state index is 13.4. The van der Waals surface area contributed by atoms with Gasteiger partial charge < -0.3 is 4.74 Å². The van der Waals surface area contributed by atoms with Gasteiger partial charge in [-0.1, -0.05) is 44.2 Å². The highest BCUT2D eigenvalue weighted by atomic mass is 19.3. The summed E-state index contributed by atoms with van der Waals surface area (Å²) in [7, 11) is 0. The highest BCUT2D eigenvalue weighted by Gasteiger charge is 2.37. The van der Waals surface area contributed by atoms with Gasteiger partial charge in [-0.05, 0) is 30.2 Å². The van der Waals surface area contributed by atoms with Crippen molar-refractivity contribution in [2.45, 2.75) is 57.7 Å². The van der Waals surface area contributed by atoms with E-state index in [0.29, 0.717) is 24.7 Å². The number of alkyl halides is 2. The maximum Gasteiger partial charge on any atom is 0.248 e. The number of morpholine rings is 1. The van der Waals surface area contributed by atoms with Crippen molar-refractivity contribution in [2.75, 3.05) is 19.6 Å². The molecule has 1 aliphatic carbocycles. The third kappa shape index (κ3) is 4.54. The van der Waals surface area contributed by atoms with E-state index in [-0.39, 0.29) is 25.0 Å². The molecule has 4 heteroatoms. The van der Waals surface area contributed by atoms with Crippen molar-refractivity contribution in [1.82, 2.24) is 4.90 Å². The largest absolute Gasteiger partial charge is 0.367 e. The van der Waals surface area contributed by atoms with E-state index in [9.17, 15) is 8.78 Å². The Morgan fingerprint density at radius 3 is 2.42 bits per heavy atom. The molecule has 0 amide bonds. The SMILES string of the molecule is CC(C)[C@H]1CN(CC2CCC(F)(F)CC2)C[C@@H](c2ccccc2)O1. The van der Waals surface area contributed by atoms with Crippen molar-refractivity contribution in [3.8, 4) is 0 Å². The topological polar surface area (TPSA) is 12.5 Å². The van der Waals surface area contributed by atoms with E-state index >= 15 is 0 Å². The van der Waals surface area contributed by atoms with Gasteiger partial charge in [0.25, 0.3) is 0 Å². The fourth-order valence-electron chi connectivity index (χ4n) is 3.88. The molecule has 0 unspecified atom stereocenters. The molecule has 2 nitrogen and oxygen atoms in total. The van der Waals surface area contributed by atoms with Gasteiger partial charge in [-0.2, -0.15) is 0 Å². The summed E-state index contributed by atoms with van der Waals surface area (Å²) < 4.78 is 33.1. The third-order valence-corrected chi connectivity index (χ3v) is 5.47. The van der Waals surface area contributed by atoms with Gasteiger partial charge in [0.1, 0.15) is 0 Å². The molecular weight excluding hydrogens is 308 g/mol. The van der Waals surface area contributed by atoms with Gasteiger partial charge in [-0.25, -0.2) is 8.78 Å². The van der Waals surface area contributed by atoms with Gasteiger partial charge in [-0.3, -0.25) is 4.90 Å². The molecule has 3 rings (SSSR count). The summed E-state index contributed by atoms with van der Waals surface area (Å²) in [5.41, 5.74) is 1.21. The first-order valence-electron chi connectivity index (χ1n) is 9.23. The van der Waals surface area contributed by atoms with E-state index in [1.54, 1.807) is 0 Å². The molecule has 24 heavy (non-hydrogen) atoms. The molecule has 0 spiro atoms. The van der Waals surface area contributed by atoms with Crippen LogP contribution in [0.5, 0.6) is 0 Å². The van der Waals surface area contributed by atoms with E-state index in [1.807, 2.05) is 18.2 Å². The molecule has 0 radical (unpaired) electrons. The van der Waals surface area contributed by atoms with Crippen LogP contribution in [-0.2, 0) is 4.74 Å². The number of benzene rings is 1. The Hall–Kier alpha value is -1.00. The van der Waals surface area contributed by atoms with Gasteiger partial charge in [0, 0.05) is 32.5 Å². The Kier molecular flexibility index (Phi) is 5.56. The molecule has 134 valence electrons. The monoisotopic (exact) mass is 337 g/mol. The Bertz CT molecular complexity index is 510. The number of ether oxygens (including phenoxy) is 1. The minimum Gasteiger partial charge on any atom is -0.367 e. The average Bonchev–Trinajstić information content (AvgIpc) is 2.57. The van der Waals surface area contributed by atoms with Gasteiger partial charge in [0.15, 0.2) is 0 Å². The molecule has 1 saturated heterocycles. The average molecular weight is 337 g/mol. The lowest BCUT2D eigenvalue weighted by Crippen LogP contribution is -2.48. The van der Waals surface area contributed by atoms with Crippen molar-refractivity contribution >= 4 is 0 Å². The molecule has 1 heterocycles. The highest BCUT2D eigenvalue weighted by Crippen LogP contribution is 2.37. The first-order valence-corrected chi connectivity index (χ1v) is 9.23. The molecule has 1 aromatic carbocycles. The summed E-state index contributed by atoms with van der Waals surface area (Å²) in [6.07, 6.45) is 1.68. The first kappa shape index (κ1) is 17.8. The second kappa shape index (κ2) is 7.49. The minimum absolute atomic E-state index is 0.0533. The number of halogens is 2. The summed E-state index contributed by atoms with van der Waals surface area (Å²) in [5.74, 6) is -1.59. The van der Waals surface area contributed by atoms with Gasteiger partial charge in [0.05, 0.1) is 12.2 Å². The second-order valence-electron chi connectivity index (χ2n) is 7.84. The van der Waals surface area contributed by atoms with Crippen molar-refractivity contribution in [3.05, 3.63) is 35.9 Å². The van der Waals surface area contributed by atoms with Gasteiger partial charge in [0.2, 0.25) is 5.92 Å². The molecule has 0 N–H and O–H groups in total. The minimum atomic E-state index is -2.44. The summed E-state index contributed by atoms with van der Waals surface area (Å²) >= 11 is 0. The smallest absolute Gasteiger partial charge is 0.248 e. The third-order valence-electron chi connectivity index (χ3n) is 5.47. The van der Waals surface area contributed by atoms with Crippen LogP contribution < -0.4 is 0 Å². The Morgan fingerprint density at radius 2 is 1.79 bits per heavy atom. The van der Waals surface area contributed by atoms with Gasteiger partial charge in [-0.15, -0.1) is 0 Å². The highest BCUT2D eigenvalue weighted by molar-refractivity contribution is 5.18. The van der Waals surface area contributed by atoms with Crippen LogP contribution in [0.2, 0.25) is 0 Å².